The maximum atomic E-state index is 12.7. The van der Waals surface area contributed by atoms with Gasteiger partial charge in [0.15, 0.2) is 17.2 Å². The zero-order chi connectivity index (χ0) is 22.0. The fraction of sp³-hybridized carbons (Fsp3) is 0.364. The maximum absolute atomic E-state index is 12.7. The second kappa shape index (κ2) is 8.43. The van der Waals surface area contributed by atoms with Gasteiger partial charge in [0.2, 0.25) is 17.1 Å². The number of ether oxygens (including phenoxy) is 4. The van der Waals surface area contributed by atoms with Crippen molar-refractivity contribution in [2.75, 3.05) is 28.4 Å². The van der Waals surface area contributed by atoms with E-state index in [0.29, 0.717) is 46.8 Å². The molecule has 154 valence electrons. The van der Waals surface area contributed by atoms with Gasteiger partial charge in [0.25, 0.3) is 0 Å². The molecule has 1 amide bonds. The Morgan fingerprint density at radius 3 is 2.34 bits per heavy atom. The van der Waals surface area contributed by atoms with Crippen LogP contribution in [0.3, 0.4) is 0 Å². The molecule has 0 saturated heterocycles. The number of hydrogen-bond donors (Lipinski definition) is 1. The van der Waals surface area contributed by atoms with Crippen LogP contribution in [0.15, 0.2) is 29.0 Å². The molecule has 1 N–H and O–H groups in total. The summed E-state index contributed by atoms with van der Waals surface area (Å²) in [5, 5.41) is 2.91. The van der Waals surface area contributed by atoms with E-state index in [1.54, 1.807) is 7.11 Å². The molecule has 0 heterocycles. The molecule has 2 aromatic carbocycles. The Morgan fingerprint density at radius 2 is 1.76 bits per heavy atom. The molecule has 1 unspecified atom stereocenters. The Bertz CT molecular complexity index is 1050. The van der Waals surface area contributed by atoms with Gasteiger partial charge in [0.05, 0.1) is 35.9 Å². The molecule has 3 rings (SSSR count). The van der Waals surface area contributed by atoms with Crippen molar-refractivity contribution >= 4 is 5.91 Å². The monoisotopic (exact) mass is 401 g/mol. The van der Waals surface area contributed by atoms with Gasteiger partial charge in [-0.25, -0.2) is 0 Å². The molecule has 0 bridgehead atoms. The van der Waals surface area contributed by atoms with E-state index in [-0.39, 0.29) is 23.1 Å². The van der Waals surface area contributed by atoms with E-state index in [0.717, 1.165) is 5.56 Å². The molecule has 1 aliphatic rings. The first-order valence-electron chi connectivity index (χ1n) is 9.68. The van der Waals surface area contributed by atoms with E-state index in [4.69, 9.17) is 20.3 Å². The summed E-state index contributed by atoms with van der Waals surface area (Å²) in [6.45, 7) is 1.42. The first-order chi connectivity index (χ1) is 14.4. The SMILES string of the molecule is [3H]c1cc(OC)c(=O)cc2c1-c1c(cc(OC)c(OC)c1OC)CCC2NC(C)=O. The van der Waals surface area contributed by atoms with E-state index in [2.05, 4.69) is 5.32 Å². The summed E-state index contributed by atoms with van der Waals surface area (Å²) in [7, 11) is 5.95. The second-order valence-electron chi connectivity index (χ2n) is 6.67. The Labute approximate surface area is 171 Å². The Kier molecular flexibility index (Phi) is 5.55. The lowest BCUT2D eigenvalue weighted by Crippen LogP contribution is -2.26. The Morgan fingerprint density at radius 1 is 1.07 bits per heavy atom. The highest BCUT2D eigenvalue weighted by molar-refractivity contribution is 5.83. The quantitative estimate of drug-likeness (QED) is 0.830. The summed E-state index contributed by atoms with van der Waals surface area (Å²) >= 11 is 0. The van der Waals surface area contributed by atoms with Crippen LogP contribution in [0.2, 0.25) is 0 Å². The van der Waals surface area contributed by atoms with Crippen LogP contribution in [0, 0.1) is 0 Å². The molecule has 0 fully saturated rings. The number of methoxy groups -OCH3 is 4. The van der Waals surface area contributed by atoms with Gasteiger partial charge >= 0.3 is 0 Å². The van der Waals surface area contributed by atoms with Gasteiger partial charge < -0.3 is 24.3 Å². The number of carbonyl (C=O) groups excluding carboxylic acids is 1. The van der Waals surface area contributed by atoms with Gasteiger partial charge in [-0.1, -0.05) is 6.04 Å². The highest BCUT2D eigenvalue weighted by atomic mass is 16.5. The molecule has 7 heteroatoms. The van der Waals surface area contributed by atoms with E-state index in [1.165, 1.54) is 40.4 Å². The van der Waals surface area contributed by atoms with Crippen LogP contribution in [0.25, 0.3) is 11.1 Å². The van der Waals surface area contributed by atoms with E-state index in [1.807, 2.05) is 6.07 Å². The van der Waals surface area contributed by atoms with Crippen LogP contribution in [-0.2, 0) is 11.2 Å². The van der Waals surface area contributed by atoms with Crippen molar-refractivity contribution in [1.29, 1.82) is 0 Å². The molecule has 0 aromatic heterocycles. The van der Waals surface area contributed by atoms with Crippen LogP contribution < -0.4 is 29.7 Å². The van der Waals surface area contributed by atoms with Crippen molar-refractivity contribution < 1.29 is 25.1 Å². The standard InChI is InChI=1S/C22H25NO6/c1-12(24)23-16-8-6-13-10-19(27-3)21(28-4)22(29-5)20(13)14-7-9-18(26-2)17(25)11-15(14)16/h7,9-11,16H,6,8H2,1-5H3,(H,23,24)/i7T. The topological polar surface area (TPSA) is 83.1 Å². The zero-order valence-corrected chi connectivity index (χ0v) is 17.2. The van der Waals surface area contributed by atoms with Gasteiger partial charge in [0.1, 0.15) is 0 Å². The molecular formula is C22H25NO6. The van der Waals surface area contributed by atoms with Crippen LogP contribution >= 0.6 is 0 Å². The molecule has 0 aliphatic heterocycles. The number of hydrogen-bond acceptors (Lipinski definition) is 6. The predicted octanol–water partition coefficient (Wildman–Crippen LogP) is 2.87. The molecule has 0 radical (unpaired) electrons. The molecular weight excluding hydrogens is 374 g/mol. The summed E-state index contributed by atoms with van der Waals surface area (Å²) in [5.41, 5.74) is 2.16. The van der Waals surface area contributed by atoms with E-state index < -0.39 is 6.04 Å². The lowest BCUT2D eigenvalue weighted by Gasteiger charge is -2.19. The number of aryl methyl sites for hydroxylation is 1. The van der Waals surface area contributed by atoms with Crippen LogP contribution in [0.5, 0.6) is 23.0 Å². The molecule has 29 heavy (non-hydrogen) atoms. The highest BCUT2D eigenvalue weighted by Gasteiger charge is 2.29. The summed E-state index contributed by atoms with van der Waals surface area (Å²) < 4.78 is 30.6. The minimum atomic E-state index is -0.458. The lowest BCUT2D eigenvalue weighted by molar-refractivity contribution is -0.119. The molecule has 1 atom stereocenters. The molecule has 1 aliphatic carbocycles. The summed E-state index contributed by atoms with van der Waals surface area (Å²) in [5.74, 6) is 1.12. The molecule has 7 nitrogen and oxygen atoms in total. The number of amides is 1. The number of carbonyl (C=O) groups is 1. The van der Waals surface area contributed by atoms with Gasteiger partial charge in [-0.05, 0) is 47.7 Å². The Hall–Kier alpha value is -3.22. The van der Waals surface area contributed by atoms with Crippen molar-refractivity contribution in [2.24, 2.45) is 0 Å². The normalized spacial score (nSPS) is 15.2. The highest BCUT2D eigenvalue weighted by Crippen LogP contribution is 2.50. The minimum absolute atomic E-state index is 0.0515. The smallest absolute Gasteiger partial charge is 0.220 e. The van der Waals surface area contributed by atoms with Crippen molar-refractivity contribution in [1.82, 2.24) is 5.32 Å². The fourth-order valence-electron chi connectivity index (χ4n) is 3.76. The van der Waals surface area contributed by atoms with Crippen LogP contribution in [-0.4, -0.2) is 34.3 Å². The van der Waals surface area contributed by atoms with Crippen molar-refractivity contribution in [3.05, 3.63) is 45.6 Å². The first kappa shape index (κ1) is 19.1. The van der Waals surface area contributed by atoms with Gasteiger partial charge in [-0.15, -0.1) is 0 Å². The van der Waals surface area contributed by atoms with Crippen LogP contribution in [0.4, 0.5) is 0 Å². The number of benzene rings is 1. The molecule has 0 saturated carbocycles. The average Bonchev–Trinajstić information content (AvgIpc) is 2.94. The lowest BCUT2D eigenvalue weighted by atomic mass is 9.95. The minimum Gasteiger partial charge on any atom is -0.493 e. The summed E-state index contributed by atoms with van der Waals surface area (Å²) in [6.07, 6.45) is 1.10. The van der Waals surface area contributed by atoms with Crippen molar-refractivity contribution in [2.45, 2.75) is 25.8 Å². The average molecular weight is 401 g/mol. The first-order valence-corrected chi connectivity index (χ1v) is 9.18. The van der Waals surface area contributed by atoms with Crippen molar-refractivity contribution in [3.8, 4) is 34.1 Å². The number of nitrogens with one attached hydrogen (secondary N) is 1. The third-order valence-electron chi connectivity index (χ3n) is 5.00. The zero-order valence-electron chi connectivity index (χ0n) is 18.2. The number of fused-ring (bicyclic) bond motifs is 3. The predicted molar refractivity (Wildman–Crippen MR) is 109 cm³/mol. The summed E-state index contributed by atoms with van der Waals surface area (Å²) in [6, 6.07) is 4.28. The molecule has 0 spiro atoms. The number of rotatable bonds is 5. The second-order valence-corrected chi connectivity index (χ2v) is 6.67. The fourth-order valence-corrected chi connectivity index (χ4v) is 3.76. The summed E-state index contributed by atoms with van der Waals surface area (Å²) in [4.78, 5) is 24.6. The van der Waals surface area contributed by atoms with Gasteiger partial charge in [-0.2, -0.15) is 0 Å². The van der Waals surface area contributed by atoms with E-state index in [9.17, 15) is 9.59 Å². The van der Waals surface area contributed by atoms with E-state index >= 15 is 0 Å². The third-order valence-corrected chi connectivity index (χ3v) is 5.00. The van der Waals surface area contributed by atoms with Gasteiger partial charge in [-0.3, -0.25) is 9.59 Å². The van der Waals surface area contributed by atoms with Gasteiger partial charge in [0, 0.05) is 12.5 Å². The Balaban J connectivity index is 2.49. The molecule has 2 aromatic rings. The largest absolute Gasteiger partial charge is 0.493 e. The maximum Gasteiger partial charge on any atom is 0.220 e. The van der Waals surface area contributed by atoms with Crippen LogP contribution in [0.1, 0.15) is 31.9 Å². The van der Waals surface area contributed by atoms with Crippen molar-refractivity contribution in [3.63, 3.8) is 0 Å². The third kappa shape index (κ3) is 3.72.